The van der Waals surface area contributed by atoms with Crippen molar-refractivity contribution in [1.82, 2.24) is 10.6 Å². The number of nitrogens with one attached hydrogen (secondary N) is 2. The second-order valence-electron chi connectivity index (χ2n) is 5.22. The molecule has 0 radical (unpaired) electrons. The Morgan fingerprint density at radius 1 is 1.39 bits per heavy atom. The van der Waals surface area contributed by atoms with Crippen LogP contribution < -0.4 is 10.6 Å². The van der Waals surface area contributed by atoms with E-state index in [1.54, 1.807) is 0 Å². The first-order chi connectivity index (χ1) is 8.50. The molecule has 0 spiro atoms. The van der Waals surface area contributed by atoms with Crippen LogP contribution in [0.15, 0.2) is 22.7 Å². The predicted molar refractivity (Wildman–Crippen MR) is 76.9 cm³/mol. The van der Waals surface area contributed by atoms with Gasteiger partial charge in [-0.3, -0.25) is 4.79 Å². The van der Waals surface area contributed by atoms with E-state index in [0.29, 0.717) is 0 Å². The van der Waals surface area contributed by atoms with Gasteiger partial charge in [0.2, 0.25) is 0 Å². The van der Waals surface area contributed by atoms with E-state index in [-0.39, 0.29) is 11.4 Å². The van der Waals surface area contributed by atoms with Gasteiger partial charge in [0.15, 0.2) is 0 Å². The fourth-order valence-electron chi connectivity index (χ4n) is 2.28. The molecular formula is C14H19BrN2O. The third kappa shape index (κ3) is 3.12. The highest BCUT2D eigenvalue weighted by Gasteiger charge is 2.28. The fourth-order valence-corrected chi connectivity index (χ4v) is 2.64. The predicted octanol–water partition coefficient (Wildman–Crippen LogP) is 2.63. The molecule has 0 aromatic heterocycles. The van der Waals surface area contributed by atoms with Gasteiger partial charge >= 0.3 is 0 Å². The zero-order valence-electron chi connectivity index (χ0n) is 10.8. The van der Waals surface area contributed by atoms with Crippen LogP contribution in [0.3, 0.4) is 0 Å². The molecule has 1 amide bonds. The molecular weight excluding hydrogens is 292 g/mol. The van der Waals surface area contributed by atoms with E-state index in [1.807, 2.05) is 25.1 Å². The molecule has 1 aromatic rings. The van der Waals surface area contributed by atoms with Crippen LogP contribution in [-0.2, 0) is 0 Å². The summed E-state index contributed by atoms with van der Waals surface area (Å²) in [6.07, 6.45) is 1.96. The Balaban J connectivity index is 2.14. The minimum atomic E-state index is -0.0862. The topological polar surface area (TPSA) is 41.1 Å². The number of hydrogen-bond acceptors (Lipinski definition) is 2. The lowest BCUT2D eigenvalue weighted by molar-refractivity contribution is 0.0887. The van der Waals surface area contributed by atoms with Gasteiger partial charge < -0.3 is 10.6 Å². The van der Waals surface area contributed by atoms with Crippen molar-refractivity contribution in [2.75, 3.05) is 13.1 Å². The van der Waals surface area contributed by atoms with Crippen molar-refractivity contribution in [3.8, 4) is 0 Å². The number of aryl methyl sites for hydroxylation is 1. The van der Waals surface area contributed by atoms with Crippen molar-refractivity contribution in [3.05, 3.63) is 33.8 Å². The molecule has 3 nitrogen and oxygen atoms in total. The summed E-state index contributed by atoms with van der Waals surface area (Å²) >= 11 is 3.41. The first-order valence-electron chi connectivity index (χ1n) is 6.30. The van der Waals surface area contributed by atoms with Gasteiger partial charge in [-0.25, -0.2) is 0 Å². The summed E-state index contributed by atoms with van der Waals surface area (Å²) in [4.78, 5) is 12.3. The SMILES string of the molecule is Cc1ccc(Br)cc1C(=O)NC1(C)CCNCC1. The maximum atomic E-state index is 12.3. The number of rotatable bonds is 2. The summed E-state index contributed by atoms with van der Waals surface area (Å²) in [6.45, 7) is 6.02. The lowest BCUT2D eigenvalue weighted by atomic mass is 9.90. The van der Waals surface area contributed by atoms with Crippen LogP contribution in [0, 0.1) is 6.92 Å². The van der Waals surface area contributed by atoms with Gasteiger partial charge in [-0.2, -0.15) is 0 Å². The molecule has 0 bridgehead atoms. The van der Waals surface area contributed by atoms with Crippen molar-refractivity contribution in [2.45, 2.75) is 32.2 Å². The largest absolute Gasteiger partial charge is 0.347 e. The lowest BCUT2D eigenvalue weighted by Gasteiger charge is -2.35. The molecule has 1 fully saturated rings. The van der Waals surface area contributed by atoms with Crippen molar-refractivity contribution >= 4 is 21.8 Å². The highest BCUT2D eigenvalue weighted by molar-refractivity contribution is 9.10. The van der Waals surface area contributed by atoms with E-state index in [9.17, 15) is 4.79 Å². The Bertz CT molecular complexity index is 453. The number of amides is 1. The summed E-state index contributed by atoms with van der Waals surface area (Å²) in [5, 5.41) is 6.49. The van der Waals surface area contributed by atoms with E-state index in [2.05, 4.69) is 33.5 Å². The van der Waals surface area contributed by atoms with Gasteiger partial charge in [0.1, 0.15) is 0 Å². The van der Waals surface area contributed by atoms with Crippen molar-refractivity contribution < 1.29 is 4.79 Å². The molecule has 0 saturated carbocycles. The second kappa shape index (κ2) is 5.41. The number of benzene rings is 1. The molecule has 4 heteroatoms. The van der Waals surface area contributed by atoms with Gasteiger partial charge in [-0.15, -0.1) is 0 Å². The van der Waals surface area contributed by atoms with Crippen molar-refractivity contribution in [1.29, 1.82) is 0 Å². The minimum Gasteiger partial charge on any atom is -0.347 e. The van der Waals surface area contributed by atoms with Gasteiger partial charge in [-0.1, -0.05) is 22.0 Å². The number of hydrogen-bond donors (Lipinski definition) is 2. The molecule has 1 aromatic carbocycles. The number of carbonyl (C=O) groups is 1. The van der Waals surface area contributed by atoms with Gasteiger partial charge in [-0.05, 0) is 57.5 Å². The van der Waals surface area contributed by atoms with Gasteiger partial charge in [0.05, 0.1) is 0 Å². The standard InChI is InChI=1S/C14H19BrN2O/c1-10-3-4-11(15)9-12(10)13(18)17-14(2)5-7-16-8-6-14/h3-4,9,16H,5-8H2,1-2H3,(H,17,18). The van der Waals surface area contributed by atoms with E-state index in [1.165, 1.54) is 0 Å². The fraction of sp³-hybridized carbons (Fsp3) is 0.500. The van der Waals surface area contributed by atoms with Crippen LogP contribution in [0.4, 0.5) is 0 Å². The van der Waals surface area contributed by atoms with E-state index in [0.717, 1.165) is 41.5 Å². The maximum Gasteiger partial charge on any atom is 0.252 e. The molecule has 0 aliphatic carbocycles. The summed E-state index contributed by atoms with van der Waals surface area (Å²) in [6, 6.07) is 5.80. The Hall–Kier alpha value is -0.870. The zero-order valence-corrected chi connectivity index (χ0v) is 12.4. The maximum absolute atomic E-state index is 12.3. The average Bonchev–Trinajstić information content (AvgIpc) is 2.32. The Morgan fingerprint density at radius 2 is 2.06 bits per heavy atom. The number of carbonyl (C=O) groups excluding carboxylic acids is 1. The molecule has 2 N–H and O–H groups in total. The van der Waals surface area contributed by atoms with Gasteiger partial charge in [0, 0.05) is 15.6 Å². The molecule has 2 rings (SSSR count). The Labute approximate surface area is 116 Å². The van der Waals surface area contributed by atoms with E-state index < -0.39 is 0 Å². The van der Waals surface area contributed by atoms with Crippen LogP contribution in [0.25, 0.3) is 0 Å². The second-order valence-corrected chi connectivity index (χ2v) is 6.14. The summed E-state index contributed by atoms with van der Waals surface area (Å²) in [7, 11) is 0. The van der Waals surface area contributed by atoms with Gasteiger partial charge in [0.25, 0.3) is 5.91 Å². The first kappa shape index (κ1) is 13.6. The van der Waals surface area contributed by atoms with Crippen LogP contribution >= 0.6 is 15.9 Å². The normalized spacial score (nSPS) is 18.4. The molecule has 1 aliphatic rings. The molecule has 0 atom stereocenters. The lowest BCUT2D eigenvalue weighted by Crippen LogP contribution is -2.52. The first-order valence-corrected chi connectivity index (χ1v) is 7.09. The quantitative estimate of drug-likeness (QED) is 0.881. The molecule has 0 unspecified atom stereocenters. The Morgan fingerprint density at radius 3 is 2.72 bits per heavy atom. The Kier molecular flexibility index (Phi) is 4.07. The number of halogens is 1. The van der Waals surface area contributed by atoms with E-state index in [4.69, 9.17) is 0 Å². The van der Waals surface area contributed by atoms with Crippen molar-refractivity contribution in [3.63, 3.8) is 0 Å². The third-order valence-corrected chi connectivity index (χ3v) is 4.06. The highest BCUT2D eigenvalue weighted by Crippen LogP contribution is 2.20. The summed E-state index contributed by atoms with van der Waals surface area (Å²) in [5.74, 6) is 0.0261. The summed E-state index contributed by atoms with van der Waals surface area (Å²) in [5.41, 5.74) is 1.68. The van der Waals surface area contributed by atoms with Crippen LogP contribution in [0.5, 0.6) is 0 Å². The van der Waals surface area contributed by atoms with Crippen LogP contribution in [0.2, 0.25) is 0 Å². The smallest absolute Gasteiger partial charge is 0.252 e. The highest BCUT2D eigenvalue weighted by atomic mass is 79.9. The monoisotopic (exact) mass is 310 g/mol. The molecule has 1 heterocycles. The molecule has 1 saturated heterocycles. The zero-order chi connectivity index (χ0) is 13.2. The van der Waals surface area contributed by atoms with E-state index >= 15 is 0 Å². The summed E-state index contributed by atoms with van der Waals surface area (Å²) < 4.78 is 0.939. The number of piperidine rings is 1. The molecule has 1 aliphatic heterocycles. The minimum absolute atomic E-state index is 0.0261. The van der Waals surface area contributed by atoms with Crippen LogP contribution in [0.1, 0.15) is 35.7 Å². The molecule has 98 valence electrons. The van der Waals surface area contributed by atoms with Crippen LogP contribution in [-0.4, -0.2) is 24.5 Å². The molecule has 18 heavy (non-hydrogen) atoms. The van der Waals surface area contributed by atoms with Crippen molar-refractivity contribution in [2.24, 2.45) is 0 Å². The average molecular weight is 311 g/mol. The third-order valence-electron chi connectivity index (χ3n) is 3.57.